The molecule has 0 atom stereocenters. The van der Waals surface area contributed by atoms with Gasteiger partial charge in [-0.15, -0.1) is 0 Å². The van der Waals surface area contributed by atoms with Gasteiger partial charge in [-0.25, -0.2) is 0 Å². The van der Waals surface area contributed by atoms with E-state index >= 15 is 0 Å². The molecule has 0 aromatic heterocycles. The monoisotopic (exact) mass is 377 g/mol. The van der Waals surface area contributed by atoms with E-state index in [1.807, 2.05) is 13.0 Å². The zero-order chi connectivity index (χ0) is 13.2. The van der Waals surface area contributed by atoms with E-state index in [-0.39, 0.29) is 12.1 Å². The number of aliphatic hydroxyl groups is 1. The molecule has 1 fully saturated rings. The largest absolute Gasteiger partial charge is 0.492 e. The lowest BCUT2D eigenvalue weighted by atomic mass is 10.2. The molecular weight excluding hydrogens is 362 g/mol. The summed E-state index contributed by atoms with van der Waals surface area (Å²) >= 11 is 7.01. The second-order valence-corrected chi connectivity index (χ2v) is 6.37. The molecule has 0 saturated heterocycles. The van der Waals surface area contributed by atoms with Gasteiger partial charge in [0.25, 0.3) is 0 Å². The average molecular weight is 379 g/mol. The molecule has 1 saturated carbocycles. The Morgan fingerprint density at radius 1 is 1.39 bits per heavy atom. The quantitative estimate of drug-likeness (QED) is 0.798. The molecule has 100 valence electrons. The van der Waals surface area contributed by atoms with Crippen molar-refractivity contribution in [1.82, 2.24) is 5.32 Å². The molecule has 1 aromatic rings. The van der Waals surface area contributed by atoms with Gasteiger partial charge in [0.2, 0.25) is 0 Å². The van der Waals surface area contributed by atoms with Gasteiger partial charge in [-0.2, -0.15) is 0 Å². The van der Waals surface area contributed by atoms with Crippen LogP contribution in [0.5, 0.6) is 5.75 Å². The van der Waals surface area contributed by atoms with E-state index in [1.54, 1.807) is 0 Å². The summed E-state index contributed by atoms with van der Waals surface area (Å²) in [5.41, 5.74) is 1.04. The number of nitrogens with one attached hydrogen (secondary N) is 1. The van der Waals surface area contributed by atoms with Crippen molar-refractivity contribution in [1.29, 1.82) is 0 Å². The lowest BCUT2D eigenvalue weighted by Gasteiger charge is -2.17. The molecule has 2 rings (SSSR count). The lowest BCUT2D eigenvalue weighted by Crippen LogP contribution is -2.34. The van der Waals surface area contributed by atoms with Crippen molar-refractivity contribution in [2.24, 2.45) is 0 Å². The molecule has 0 amide bonds. The lowest BCUT2D eigenvalue weighted by molar-refractivity contribution is 0.229. The van der Waals surface area contributed by atoms with Gasteiger partial charge in [-0.05, 0) is 47.8 Å². The predicted octanol–water partition coefficient (Wildman–Crippen LogP) is 3.22. The van der Waals surface area contributed by atoms with Crippen LogP contribution in [-0.4, -0.2) is 23.9 Å². The first-order chi connectivity index (χ1) is 8.60. The SMILES string of the molecule is CCOc1c(Br)cc(Br)cc1CNC1(CO)CC1. The minimum atomic E-state index is -0.0573. The highest BCUT2D eigenvalue weighted by Gasteiger charge is 2.41. The normalized spacial score (nSPS) is 16.7. The average Bonchev–Trinajstić information content (AvgIpc) is 3.11. The van der Waals surface area contributed by atoms with Crippen molar-refractivity contribution in [3.8, 4) is 5.75 Å². The molecule has 0 bridgehead atoms. The number of hydrogen-bond acceptors (Lipinski definition) is 3. The van der Waals surface area contributed by atoms with Gasteiger partial charge in [0.1, 0.15) is 5.75 Å². The highest BCUT2D eigenvalue weighted by atomic mass is 79.9. The van der Waals surface area contributed by atoms with Gasteiger partial charge in [-0.1, -0.05) is 15.9 Å². The van der Waals surface area contributed by atoms with Crippen molar-refractivity contribution < 1.29 is 9.84 Å². The minimum Gasteiger partial charge on any atom is -0.492 e. The molecule has 0 radical (unpaired) electrons. The molecule has 18 heavy (non-hydrogen) atoms. The fourth-order valence-electron chi connectivity index (χ4n) is 1.88. The molecule has 3 nitrogen and oxygen atoms in total. The molecule has 1 aliphatic rings. The van der Waals surface area contributed by atoms with E-state index in [2.05, 4.69) is 43.2 Å². The molecule has 1 aromatic carbocycles. The Kier molecular flexibility index (Phi) is 4.69. The van der Waals surface area contributed by atoms with Gasteiger partial charge in [0.15, 0.2) is 0 Å². The van der Waals surface area contributed by atoms with Crippen molar-refractivity contribution in [2.45, 2.75) is 31.8 Å². The van der Waals surface area contributed by atoms with Crippen molar-refractivity contribution >= 4 is 31.9 Å². The maximum atomic E-state index is 9.30. The van der Waals surface area contributed by atoms with Crippen LogP contribution in [0.15, 0.2) is 21.1 Å². The Bertz CT molecular complexity index is 433. The highest BCUT2D eigenvalue weighted by molar-refractivity contribution is 9.11. The van der Waals surface area contributed by atoms with Gasteiger partial charge in [0, 0.05) is 22.1 Å². The van der Waals surface area contributed by atoms with Crippen molar-refractivity contribution in [3.05, 3.63) is 26.6 Å². The van der Waals surface area contributed by atoms with Crippen molar-refractivity contribution in [3.63, 3.8) is 0 Å². The number of aliphatic hydroxyl groups excluding tert-OH is 1. The Balaban J connectivity index is 2.14. The maximum Gasteiger partial charge on any atom is 0.138 e. The number of benzene rings is 1. The van der Waals surface area contributed by atoms with Gasteiger partial charge in [0.05, 0.1) is 17.7 Å². The van der Waals surface area contributed by atoms with Crippen LogP contribution in [0.3, 0.4) is 0 Å². The fourth-order valence-corrected chi connectivity index (χ4v) is 3.30. The second kappa shape index (κ2) is 5.90. The summed E-state index contributed by atoms with van der Waals surface area (Å²) < 4.78 is 7.64. The first-order valence-electron chi connectivity index (χ1n) is 6.07. The number of ether oxygens (including phenoxy) is 1. The van der Waals surface area contributed by atoms with E-state index in [1.165, 1.54) is 0 Å². The van der Waals surface area contributed by atoms with Crippen LogP contribution in [0.4, 0.5) is 0 Å². The van der Waals surface area contributed by atoms with Gasteiger partial charge < -0.3 is 15.2 Å². The van der Waals surface area contributed by atoms with Crippen LogP contribution < -0.4 is 10.1 Å². The zero-order valence-corrected chi connectivity index (χ0v) is 13.5. The molecule has 0 unspecified atom stereocenters. The van der Waals surface area contributed by atoms with Gasteiger partial charge in [-0.3, -0.25) is 0 Å². The van der Waals surface area contributed by atoms with E-state index < -0.39 is 0 Å². The van der Waals surface area contributed by atoms with E-state index in [0.717, 1.165) is 33.1 Å². The molecule has 5 heteroatoms. The first-order valence-corrected chi connectivity index (χ1v) is 7.65. The third-order valence-electron chi connectivity index (χ3n) is 3.18. The maximum absolute atomic E-state index is 9.30. The third kappa shape index (κ3) is 3.26. The summed E-state index contributed by atoms with van der Waals surface area (Å²) in [6, 6.07) is 4.03. The predicted molar refractivity (Wildman–Crippen MR) is 78.9 cm³/mol. The number of hydrogen-bond donors (Lipinski definition) is 2. The summed E-state index contributed by atoms with van der Waals surface area (Å²) in [7, 11) is 0. The van der Waals surface area contributed by atoms with Crippen LogP contribution in [0, 0.1) is 0 Å². The van der Waals surface area contributed by atoms with E-state index in [0.29, 0.717) is 13.2 Å². The summed E-state index contributed by atoms with van der Waals surface area (Å²) in [6.07, 6.45) is 2.09. The van der Waals surface area contributed by atoms with Gasteiger partial charge >= 0.3 is 0 Å². The standard InChI is InChI=1S/C13H17Br2NO2/c1-2-18-12-9(5-10(14)6-11(12)15)7-16-13(8-17)3-4-13/h5-6,16-17H,2-4,7-8H2,1H3. The zero-order valence-electron chi connectivity index (χ0n) is 10.3. The number of rotatable bonds is 6. The summed E-state index contributed by atoms with van der Waals surface area (Å²) in [5, 5.41) is 12.7. The summed E-state index contributed by atoms with van der Waals surface area (Å²) in [4.78, 5) is 0. The van der Waals surface area contributed by atoms with E-state index in [4.69, 9.17) is 4.74 Å². The topological polar surface area (TPSA) is 41.5 Å². The van der Waals surface area contributed by atoms with Crippen molar-refractivity contribution in [2.75, 3.05) is 13.2 Å². The summed E-state index contributed by atoms with van der Waals surface area (Å²) in [5.74, 6) is 0.877. The van der Waals surface area contributed by atoms with Crippen LogP contribution in [0.2, 0.25) is 0 Å². The first kappa shape index (κ1) is 14.3. The minimum absolute atomic E-state index is 0.0573. The third-order valence-corrected chi connectivity index (χ3v) is 4.23. The molecule has 0 spiro atoms. The Morgan fingerprint density at radius 3 is 2.67 bits per heavy atom. The van der Waals surface area contributed by atoms with Crippen LogP contribution in [-0.2, 0) is 6.54 Å². The molecule has 1 aliphatic carbocycles. The molecule has 2 N–H and O–H groups in total. The molecular formula is C13H17Br2NO2. The second-order valence-electron chi connectivity index (χ2n) is 4.60. The molecule has 0 aliphatic heterocycles. The number of halogens is 2. The fraction of sp³-hybridized carbons (Fsp3) is 0.538. The van der Waals surface area contributed by atoms with Crippen LogP contribution >= 0.6 is 31.9 Å². The summed E-state index contributed by atoms with van der Waals surface area (Å²) in [6.45, 7) is 3.51. The highest BCUT2D eigenvalue weighted by Crippen LogP contribution is 2.37. The smallest absolute Gasteiger partial charge is 0.138 e. The Morgan fingerprint density at radius 2 is 2.11 bits per heavy atom. The van der Waals surface area contributed by atoms with Crippen LogP contribution in [0.25, 0.3) is 0 Å². The van der Waals surface area contributed by atoms with E-state index in [9.17, 15) is 5.11 Å². The Labute approximate surface area is 124 Å². The Hall–Kier alpha value is -0.100. The molecule has 0 heterocycles. The van der Waals surface area contributed by atoms with Crippen LogP contribution in [0.1, 0.15) is 25.3 Å².